The van der Waals surface area contributed by atoms with Crippen molar-refractivity contribution >= 4 is 5.78 Å². The van der Waals surface area contributed by atoms with Gasteiger partial charge >= 0.3 is 0 Å². The molecule has 2 fully saturated rings. The molecule has 80 valence electrons. The van der Waals surface area contributed by atoms with E-state index in [4.69, 9.17) is 4.74 Å². The van der Waals surface area contributed by atoms with Gasteiger partial charge in [-0.15, -0.1) is 0 Å². The topological polar surface area (TPSA) is 26.3 Å². The van der Waals surface area contributed by atoms with E-state index in [0.717, 1.165) is 25.7 Å². The van der Waals surface area contributed by atoms with E-state index in [2.05, 4.69) is 20.8 Å². The van der Waals surface area contributed by atoms with Crippen molar-refractivity contribution < 1.29 is 9.53 Å². The molecule has 1 saturated heterocycles. The highest BCUT2D eigenvalue weighted by molar-refractivity contribution is 5.86. The lowest BCUT2D eigenvalue weighted by molar-refractivity contribution is -0.131. The van der Waals surface area contributed by atoms with E-state index in [9.17, 15) is 4.79 Å². The van der Waals surface area contributed by atoms with Crippen molar-refractivity contribution in [3.05, 3.63) is 0 Å². The van der Waals surface area contributed by atoms with E-state index in [1.165, 1.54) is 0 Å². The minimum absolute atomic E-state index is 0.183. The zero-order valence-corrected chi connectivity index (χ0v) is 9.38. The second-order valence-electron chi connectivity index (χ2n) is 5.07. The van der Waals surface area contributed by atoms with E-state index in [1.807, 2.05) is 0 Å². The maximum atomic E-state index is 12.1. The van der Waals surface area contributed by atoms with Crippen LogP contribution in [0.3, 0.4) is 0 Å². The first-order chi connectivity index (χ1) is 6.56. The van der Waals surface area contributed by atoms with Gasteiger partial charge in [0.25, 0.3) is 0 Å². The number of hydrogen-bond donors (Lipinski definition) is 0. The normalized spacial score (nSPS) is 48.8. The van der Waals surface area contributed by atoms with Crippen molar-refractivity contribution in [2.45, 2.75) is 58.7 Å². The largest absolute Gasteiger partial charge is 0.374 e. The number of carbonyl (C=O) groups excluding carboxylic acids is 1. The van der Waals surface area contributed by atoms with Crippen LogP contribution < -0.4 is 0 Å². The summed E-state index contributed by atoms with van der Waals surface area (Å²) < 4.78 is 5.91. The van der Waals surface area contributed by atoms with Gasteiger partial charge in [0.15, 0.2) is 0 Å². The monoisotopic (exact) mass is 196 g/mol. The molecule has 1 aliphatic heterocycles. The van der Waals surface area contributed by atoms with Gasteiger partial charge in [-0.1, -0.05) is 13.3 Å². The number of ketones is 1. The maximum Gasteiger partial charge on any atom is 0.141 e. The van der Waals surface area contributed by atoms with Crippen molar-refractivity contribution in [2.75, 3.05) is 0 Å². The van der Waals surface area contributed by atoms with Crippen LogP contribution in [0.2, 0.25) is 0 Å². The predicted molar refractivity (Wildman–Crippen MR) is 55.1 cm³/mol. The highest BCUT2D eigenvalue weighted by atomic mass is 16.5. The van der Waals surface area contributed by atoms with Crippen LogP contribution in [0.25, 0.3) is 0 Å². The van der Waals surface area contributed by atoms with Crippen molar-refractivity contribution in [3.8, 4) is 0 Å². The minimum atomic E-state index is -0.198. The first-order valence-electron chi connectivity index (χ1n) is 5.75. The Kier molecular flexibility index (Phi) is 2.42. The third-order valence-corrected chi connectivity index (χ3v) is 4.42. The second kappa shape index (κ2) is 3.34. The highest BCUT2D eigenvalue weighted by Gasteiger charge is 2.53. The van der Waals surface area contributed by atoms with E-state index >= 15 is 0 Å². The molecule has 0 aromatic heterocycles. The third kappa shape index (κ3) is 1.23. The van der Waals surface area contributed by atoms with Crippen LogP contribution in [0.5, 0.6) is 0 Å². The third-order valence-electron chi connectivity index (χ3n) is 4.42. The van der Waals surface area contributed by atoms with Crippen molar-refractivity contribution in [1.29, 1.82) is 0 Å². The van der Waals surface area contributed by atoms with Gasteiger partial charge in [-0.3, -0.25) is 4.79 Å². The van der Waals surface area contributed by atoms with Gasteiger partial charge in [-0.05, 0) is 32.6 Å². The average Bonchev–Trinajstić information content (AvgIpc) is 2.31. The average molecular weight is 196 g/mol. The number of ether oxygens (including phenoxy) is 1. The summed E-state index contributed by atoms with van der Waals surface area (Å²) in [5.74, 6) is 0.801. The number of fused-ring (bicyclic) bond motifs is 1. The Hall–Kier alpha value is -0.370. The summed E-state index contributed by atoms with van der Waals surface area (Å²) in [6.45, 7) is 6.37. The molecule has 2 unspecified atom stereocenters. The Morgan fingerprint density at radius 1 is 1.36 bits per heavy atom. The van der Waals surface area contributed by atoms with Crippen LogP contribution in [0.1, 0.15) is 46.5 Å². The Morgan fingerprint density at radius 2 is 2.07 bits per heavy atom. The molecule has 0 aromatic carbocycles. The number of Topliss-reactive ketones (excluding diaryl/α,β-unsaturated/α-hetero) is 1. The molecular weight excluding hydrogens is 176 g/mol. The molecule has 0 radical (unpaired) electrons. The lowest BCUT2D eigenvalue weighted by atomic mass is 9.70. The fourth-order valence-corrected chi connectivity index (χ4v) is 2.99. The number of carbonyl (C=O) groups is 1. The quantitative estimate of drug-likeness (QED) is 0.595. The molecule has 0 N–H and O–H groups in total. The summed E-state index contributed by atoms with van der Waals surface area (Å²) in [6, 6.07) is 0. The zero-order chi connectivity index (χ0) is 10.3. The fraction of sp³-hybridized carbons (Fsp3) is 0.917. The van der Waals surface area contributed by atoms with Crippen molar-refractivity contribution in [1.82, 2.24) is 0 Å². The minimum Gasteiger partial charge on any atom is -0.374 e. The van der Waals surface area contributed by atoms with Crippen LogP contribution in [0, 0.1) is 11.3 Å². The van der Waals surface area contributed by atoms with Crippen LogP contribution >= 0.6 is 0 Å². The highest BCUT2D eigenvalue weighted by Crippen LogP contribution is 2.48. The maximum absolute atomic E-state index is 12.1. The molecular formula is C12H20O2. The van der Waals surface area contributed by atoms with Crippen molar-refractivity contribution in [3.63, 3.8) is 0 Å². The molecule has 2 nitrogen and oxygen atoms in total. The Bertz CT molecular complexity index is 249. The lowest BCUT2D eigenvalue weighted by Gasteiger charge is -2.30. The van der Waals surface area contributed by atoms with Gasteiger partial charge in [0.05, 0.1) is 17.6 Å². The molecule has 1 saturated carbocycles. The molecule has 1 aliphatic carbocycles. The van der Waals surface area contributed by atoms with Gasteiger partial charge in [0.1, 0.15) is 5.78 Å². The van der Waals surface area contributed by atoms with Gasteiger partial charge in [0.2, 0.25) is 0 Å². The van der Waals surface area contributed by atoms with Crippen molar-refractivity contribution in [2.24, 2.45) is 11.3 Å². The van der Waals surface area contributed by atoms with Gasteiger partial charge in [-0.2, -0.15) is 0 Å². The number of rotatable bonds is 0. The number of hydrogen-bond acceptors (Lipinski definition) is 2. The Morgan fingerprint density at radius 3 is 2.79 bits per heavy atom. The van der Waals surface area contributed by atoms with Gasteiger partial charge in [-0.25, -0.2) is 0 Å². The van der Waals surface area contributed by atoms with Crippen LogP contribution in [-0.4, -0.2) is 18.0 Å². The van der Waals surface area contributed by atoms with E-state index in [1.54, 1.807) is 0 Å². The standard InChI is InChI=1S/C12H20O2/c1-8-9(2)14-11-7-5-4-6-10(13)12(8,11)3/h8-9,11H,4-7H2,1-3H3/t8?,9?,11-,12+/m1/s1. The molecule has 2 rings (SSSR count). The van der Waals surface area contributed by atoms with Gasteiger partial charge in [0, 0.05) is 6.42 Å². The summed E-state index contributed by atoms with van der Waals surface area (Å²) in [4.78, 5) is 12.1. The SMILES string of the molecule is CC1O[C@@H]2CCCCC(=O)[C@]2(C)C1C. The first kappa shape index (κ1) is 10.2. The second-order valence-corrected chi connectivity index (χ2v) is 5.07. The zero-order valence-electron chi connectivity index (χ0n) is 9.38. The molecule has 2 heteroatoms. The summed E-state index contributed by atoms with van der Waals surface area (Å²) in [5, 5.41) is 0. The molecule has 0 amide bonds. The van der Waals surface area contributed by atoms with Crippen LogP contribution in [-0.2, 0) is 9.53 Å². The van der Waals surface area contributed by atoms with E-state index in [-0.39, 0.29) is 17.6 Å². The molecule has 14 heavy (non-hydrogen) atoms. The predicted octanol–water partition coefficient (Wildman–Crippen LogP) is 2.56. The summed E-state index contributed by atoms with van der Waals surface area (Å²) >= 11 is 0. The summed E-state index contributed by atoms with van der Waals surface area (Å²) in [7, 11) is 0. The Balaban J connectivity index is 2.32. The summed E-state index contributed by atoms with van der Waals surface area (Å²) in [6.07, 6.45) is 4.44. The van der Waals surface area contributed by atoms with E-state index < -0.39 is 0 Å². The summed E-state index contributed by atoms with van der Waals surface area (Å²) in [5.41, 5.74) is -0.198. The smallest absolute Gasteiger partial charge is 0.141 e. The lowest BCUT2D eigenvalue weighted by Crippen LogP contribution is -2.39. The molecule has 1 heterocycles. The molecule has 0 bridgehead atoms. The molecule has 0 aromatic rings. The Labute approximate surface area is 86.0 Å². The van der Waals surface area contributed by atoms with Crippen LogP contribution in [0.15, 0.2) is 0 Å². The molecule has 0 spiro atoms. The molecule has 2 aliphatic rings. The van der Waals surface area contributed by atoms with Crippen LogP contribution in [0.4, 0.5) is 0 Å². The van der Waals surface area contributed by atoms with Gasteiger partial charge < -0.3 is 4.74 Å². The first-order valence-corrected chi connectivity index (χ1v) is 5.75. The fourth-order valence-electron chi connectivity index (χ4n) is 2.99. The van der Waals surface area contributed by atoms with E-state index in [0.29, 0.717) is 11.7 Å². The molecule has 4 atom stereocenters.